The number of unbranched alkanes of at least 4 members (excludes halogenated alkanes) is 2. The fourth-order valence-electron chi connectivity index (χ4n) is 1.70. The second-order valence-corrected chi connectivity index (χ2v) is 5.87. The maximum absolute atomic E-state index is 12.0. The molecule has 0 aromatic rings. The minimum absolute atomic E-state index is 0.305. The van der Waals surface area contributed by atoms with Crippen molar-refractivity contribution in [1.29, 1.82) is 0 Å². The zero-order valence-electron chi connectivity index (χ0n) is 9.23. The number of carbonyl (C=O) groups is 2. The molecule has 17 heavy (non-hydrogen) atoms. The van der Waals surface area contributed by atoms with Crippen LogP contribution in [0.4, 0.5) is 0 Å². The first-order valence-electron chi connectivity index (χ1n) is 5.33. The van der Waals surface area contributed by atoms with Gasteiger partial charge in [0.05, 0.1) is 0 Å². The van der Waals surface area contributed by atoms with Crippen LogP contribution in [0, 0.1) is 0 Å². The Labute approximate surface area is 120 Å². The van der Waals surface area contributed by atoms with Crippen molar-refractivity contribution in [3.63, 3.8) is 0 Å². The van der Waals surface area contributed by atoms with E-state index >= 15 is 0 Å². The van der Waals surface area contributed by atoms with E-state index in [1.807, 2.05) is 6.92 Å². The number of allylic oxidation sites excluding steroid dienone is 2. The first kappa shape index (κ1) is 15.3. The summed E-state index contributed by atoms with van der Waals surface area (Å²) in [6.45, 7) is 2.02. The Balaban J connectivity index is 2.99. The summed E-state index contributed by atoms with van der Waals surface area (Å²) >= 11 is 23.5. The second-order valence-electron chi connectivity index (χ2n) is 4.00. The lowest BCUT2D eigenvalue weighted by atomic mass is 9.86. The van der Waals surface area contributed by atoms with Crippen molar-refractivity contribution in [3.8, 4) is 0 Å². The van der Waals surface area contributed by atoms with Crippen LogP contribution < -0.4 is 0 Å². The lowest BCUT2D eigenvalue weighted by molar-refractivity contribution is -0.123. The van der Waals surface area contributed by atoms with E-state index in [-0.39, 0.29) is 10.1 Å². The SMILES string of the molecule is CCCCCC1(Cl)C(=O)C(Cl)=C(Cl)C(=O)C1Cl. The van der Waals surface area contributed by atoms with Gasteiger partial charge < -0.3 is 0 Å². The van der Waals surface area contributed by atoms with Crippen molar-refractivity contribution < 1.29 is 9.59 Å². The van der Waals surface area contributed by atoms with Crippen molar-refractivity contribution in [2.24, 2.45) is 0 Å². The van der Waals surface area contributed by atoms with Crippen molar-refractivity contribution in [2.75, 3.05) is 0 Å². The fourth-order valence-corrected chi connectivity index (χ4v) is 2.90. The predicted octanol–water partition coefficient (Wildman–Crippen LogP) is 3.99. The zero-order valence-corrected chi connectivity index (χ0v) is 12.3. The topological polar surface area (TPSA) is 34.1 Å². The van der Waals surface area contributed by atoms with Gasteiger partial charge in [-0.1, -0.05) is 49.4 Å². The third-order valence-electron chi connectivity index (χ3n) is 2.76. The van der Waals surface area contributed by atoms with Crippen LogP contribution >= 0.6 is 46.4 Å². The Kier molecular flexibility index (Phi) is 5.33. The number of carbonyl (C=O) groups excluding carboxylic acids is 2. The van der Waals surface area contributed by atoms with E-state index in [4.69, 9.17) is 46.4 Å². The van der Waals surface area contributed by atoms with Crippen LogP contribution in [-0.4, -0.2) is 21.8 Å². The molecule has 0 fully saturated rings. The van der Waals surface area contributed by atoms with Crippen LogP contribution in [0.5, 0.6) is 0 Å². The lowest BCUT2D eigenvalue weighted by Gasteiger charge is -2.32. The molecular weight excluding hydrogens is 306 g/mol. The summed E-state index contributed by atoms with van der Waals surface area (Å²) in [5.41, 5.74) is 0. The van der Waals surface area contributed by atoms with Crippen LogP contribution in [0.3, 0.4) is 0 Å². The van der Waals surface area contributed by atoms with Gasteiger partial charge in [0.25, 0.3) is 0 Å². The van der Waals surface area contributed by atoms with Gasteiger partial charge in [-0.15, -0.1) is 23.2 Å². The van der Waals surface area contributed by atoms with Gasteiger partial charge >= 0.3 is 0 Å². The van der Waals surface area contributed by atoms with Crippen LogP contribution in [0.25, 0.3) is 0 Å². The second kappa shape index (κ2) is 5.92. The van der Waals surface area contributed by atoms with Gasteiger partial charge in [0.1, 0.15) is 20.3 Å². The number of Topliss-reactive ketones (excluding diaryl/α,β-unsaturated/α-hetero) is 2. The maximum Gasteiger partial charge on any atom is 0.198 e. The predicted molar refractivity (Wildman–Crippen MR) is 71.1 cm³/mol. The normalized spacial score (nSPS) is 30.1. The molecule has 2 atom stereocenters. The molecule has 1 aliphatic rings. The van der Waals surface area contributed by atoms with E-state index in [9.17, 15) is 9.59 Å². The molecule has 0 saturated heterocycles. The molecule has 0 aromatic carbocycles. The van der Waals surface area contributed by atoms with Crippen LogP contribution in [0.2, 0.25) is 0 Å². The minimum atomic E-state index is -1.46. The zero-order chi connectivity index (χ0) is 13.2. The maximum atomic E-state index is 12.0. The molecule has 1 aliphatic carbocycles. The summed E-state index contributed by atoms with van der Waals surface area (Å²) < 4.78 is 0. The van der Waals surface area contributed by atoms with Gasteiger partial charge in [-0.25, -0.2) is 0 Å². The molecule has 0 saturated carbocycles. The summed E-state index contributed by atoms with van der Waals surface area (Å²) in [7, 11) is 0. The van der Waals surface area contributed by atoms with Gasteiger partial charge in [0, 0.05) is 0 Å². The number of ketones is 2. The van der Waals surface area contributed by atoms with Crippen molar-refractivity contribution in [3.05, 3.63) is 10.1 Å². The summed E-state index contributed by atoms with van der Waals surface area (Å²) in [4.78, 5) is 22.2. The van der Waals surface area contributed by atoms with E-state index in [0.717, 1.165) is 12.8 Å². The molecule has 0 bridgehead atoms. The molecule has 1 rings (SSSR count). The summed E-state index contributed by atoms with van der Waals surface area (Å²) in [5, 5.41) is -1.77. The highest BCUT2D eigenvalue weighted by Gasteiger charge is 2.52. The molecule has 6 heteroatoms. The molecule has 0 aromatic heterocycles. The monoisotopic (exact) mass is 316 g/mol. The average Bonchev–Trinajstić information content (AvgIpc) is 2.32. The quantitative estimate of drug-likeness (QED) is 0.580. The van der Waals surface area contributed by atoms with E-state index in [0.29, 0.717) is 12.8 Å². The summed E-state index contributed by atoms with van der Waals surface area (Å²) in [6, 6.07) is 0. The van der Waals surface area contributed by atoms with Gasteiger partial charge in [-0.05, 0) is 6.42 Å². The number of halogens is 4. The minimum Gasteiger partial charge on any atom is -0.291 e. The molecule has 2 unspecified atom stereocenters. The van der Waals surface area contributed by atoms with Crippen molar-refractivity contribution in [2.45, 2.75) is 42.9 Å². The number of hydrogen-bond acceptors (Lipinski definition) is 2. The molecule has 0 N–H and O–H groups in total. The van der Waals surface area contributed by atoms with E-state index in [1.54, 1.807) is 0 Å². The van der Waals surface area contributed by atoms with Gasteiger partial charge in [-0.2, -0.15) is 0 Å². The van der Waals surface area contributed by atoms with Crippen molar-refractivity contribution in [1.82, 2.24) is 0 Å². The van der Waals surface area contributed by atoms with Crippen LogP contribution in [0.1, 0.15) is 32.6 Å². The van der Waals surface area contributed by atoms with Gasteiger partial charge in [0.2, 0.25) is 0 Å². The Morgan fingerprint density at radius 3 is 2.29 bits per heavy atom. The molecule has 2 nitrogen and oxygen atoms in total. The fraction of sp³-hybridized carbons (Fsp3) is 0.636. The Morgan fingerprint density at radius 2 is 1.76 bits per heavy atom. The van der Waals surface area contributed by atoms with Crippen LogP contribution in [-0.2, 0) is 9.59 Å². The molecule has 96 valence electrons. The standard InChI is InChI=1S/C11H12Cl4O2/c1-2-3-4-5-11(15)9(14)8(16)6(12)7(13)10(11)17/h9H,2-5H2,1H3. The Hall–Kier alpha value is 0.240. The smallest absolute Gasteiger partial charge is 0.198 e. The summed E-state index contributed by atoms with van der Waals surface area (Å²) in [6.07, 6.45) is 2.92. The molecule has 0 amide bonds. The van der Waals surface area contributed by atoms with E-state index in [1.165, 1.54) is 0 Å². The third-order valence-corrected chi connectivity index (χ3v) is 4.86. The van der Waals surface area contributed by atoms with Crippen LogP contribution in [0.15, 0.2) is 10.1 Å². The first-order valence-corrected chi connectivity index (χ1v) is 6.90. The van der Waals surface area contributed by atoms with E-state index in [2.05, 4.69) is 0 Å². The molecule has 0 spiro atoms. The van der Waals surface area contributed by atoms with Gasteiger partial charge in [-0.3, -0.25) is 9.59 Å². The number of rotatable bonds is 4. The van der Waals surface area contributed by atoms with Gasteiger partial charge in [0.15, 0.2) is 11.6 Å². The largest absolute Gasteiger partial charge is 0.291 e. The highest BCUT2D eigenvalue weighted by molar-refractivity contribution is 6.64. The highest BCUT2D eigenvalue weighted by Crippen LogP contribution is 2.42. The Bertz CT molecular complexity index is 378. The first-order chi connectivity index (χ1) is 7.86. The summed E-state index contributed by atoms with van der Waals surface area (Å²) in [5.74, 6) is -1.13. The molecular formula is C11H12Cl4O2. The van der Waals surface area contributed by atoms with E-state index < -0.39 is 21.8 Å². The Morgan fingerprint density at radius 1 is 1.18 bits per heavy atom. The molecule has 0 heterocycles. The number of alkyl halides is 2. The molecule has 0 aliphatic heterocycles. The average molecular weight is 318 g/mol. The third kappa shape index (κ3) is 2.81. The highest BCUT2D eigenvalue weighted by atomic mass is 35.5. The lowest BCUT2D eigenvalue weighted by Crippen LogP contribution is -2.49. The van der Waals surface area contributed by atoms with Crippen molar-refractivity contribution >= 4 is 58.0 Å². The number of hydrogen-bond donors (Lipinski definition) is 0. The molecule has 0 radical (unpaired) electrons.